The molecule has 0 amide bonds. The van der Waals surface area contributed by atoms with Gasteiger partial charge in [0.2, 0.25) is 0 Å². The van der Waals surface area contributed by atoms with E-state index < -0.39 is 270 Å². The van der Waals surface area contributed by atoms with E-state index in [0.29, 0.717) is 4.90 Å². The number of anilines is 3. The second-order valence-electron chi connectivity index (χ2n) is 9.77. The molecule has 0 saturated heterocycles. The first kappa shape index (κ1) is 10.6. The molecule has 1 heterocycles. The first-order chi connectivity index (χ1) is 36.7. The van der Waals surface area contributed by atoms with Crippen LogP contribution >= 0.6 is 0 Å². The zero-order valence-corrected chi connectivity index (χ0v) is 23.9. The maximum absolute atomic E-state index is 9.82. The summed E-state index contributed by atoms with van der Waals surface area (Å²) in [5.41, 5.74) is -9.86. The number of rotatable bonds is 6. The van der Waals surface area contributed by atoms with E-state index in [1.165, 1.54) is 0 Å². The molecule has 0 radical (unpaired) electrons. The number of furan rings is 1. The smallest absolute Gasteiger partial charge is 0.143 e. The molecule has 48 heavy (non-hydrogen) atoms. The first-order valence-corrected chi connectivity index (χ1v) is 13.8. The molecule has 0 aliphatic rings. The van der Waals surface area contributed by atoms with Crippen LogP contribution in [0.1, 0.15) is 42.5 Å². The highest BCUT2D eigenvalue weighted by Gasteiger charge is 2.18. The Hall–Kier alpha value is -6.38. The highest BCUT2D eigenvalue weighted by atomic mass is 16.3. The van der Waals surface area contributed by atoms with E-state index in [2.05, 4.69) is 0 Å². The van der Waals surface area contributed by atoms with Crippen molar-refractivity contribution >= 4 is 49.8 Å². The van der Waals surface area contributed by atoms with Crippen LogP contribution in [0.3, 0.4) is 0 Å². The lowest BCUT2D eigenvalue weighted by Gasteiger charge is -2.26. The number of fused-ring (bicyclic) bond motifs is 5. The summed E-state index contributed by atoms with van der Waals surface area (Å²) < 4.78 is 281. The zero-order chi connectivity index (χ0) is 58.8. The molecule has 2 heteroatoms. The zero-order valence-electron chi connectivity index (χ0n) is 54.9. The quantitative estimate of drug-likeness (QED) is 0.179. The van der Waals surface area contributed by atoms with Crippen molar-refractivity contribution in [3.63, 3.8) is 0 Å². The molecule has 226 valence electrons. The van der Waals surface area contributed by atoms with Crippen molar-refractivity contribution in [3.05, 3.63) is 187 Å². The molecular weight excluding hydrogens is 583 g/mol. The number of hydrogen-bond acceptors (Lipinski definition) is 2. The van der Waals surface area contributed by atoms with Gasteiger partial charge in [0.25, 0.3) is 0 Å². The van der Waals surface area contributed by atoms with Gasteiger partial charge in [-0.25, -0.2) is 0 Å². The monoisotopic (exact) mass is 644 g/mol. The Bertz CT molecular complexity index is 4060. The number of benzene rings is 8. The van der Waals surface area contributed by atoms with E-state index in [1.54, 1.807) is 0 Å². The van der Waals surface area contributed by atoms with Crippen LogP contribution < -0.4 is 4.90 Å². The Morgan fingerprint density at radius 1 is 0.354 bits per heavy atom. The van der Waals surface area contributed by atoms with Crippen LogP contribution in [0.5, 0.6) is 0 Å². The van der Waals surface area contributed by atoms with Gasteiger partial charge in [-0.15, -0.1) is 0 Å². The fourth-order valence-electron chi connectivity index (χ4n) is 4.90. The highest BCUT2D eigenvalue weighted by molar-refractivity contribution is 6.19. The molecular formula is C46H31NO. The van der Waals surface area contributed by atoms with Gasteiger partial charge < -0.3 is 9.32 Å². The molecule has 9 aromatic rings. The van der Waals surface area contributed by atoms with Crippen LogP contribution in [-0.4, -0.2) is 0 Å². The topological polar surface area (TPSA) is 16.4 Å². The van der Waals surface area contributed by atoms with E-state index in [4.69, 9.17) is 30.5 Å². The Labute approximate surface area is 323 Å². The lowest BCUT2D eigenvalue weighted by molar-refractivity contribution is 0.673. The van der Waals surface area contributed by atoms with Gasteiger partial charge in [0, 0.05) is 39.3 Å². The minimum atomic E-state index is -1.26. The minimum Gasteiger partial charge on any atom is -0.455 e. The van der Waals surface area contributed by atoms with Crippen LogP contribution in [0.2, 0.25) is 0 Å². The van der Waals surface area contributed by atoms with Crippen LogP contribution in [0.25, 0.3) is 66.1 Å². The molecule has 0 aliphatic heterocycles. The summed E-state index contributed by atoms with van der Waals surface area (Å²) in [7, 11) is 0. The Morgan fingerprint density at radius 3 is 1.38 bits per heavy atom. The van der Waals surface area contributed by atoms with Crippen molar-refractivity contribution in [2.75, 3.05) is 4.90 Å². The standard InChI is InChI=1S/C46H31NO/c1-4-12-32(13-5-1)34-20-24-37(25-21-34)47(38-26-22-35(23-27-38)33-14-6-2-7-15-33)39-28-29-41-44-31-43(36-16-8-3-9-17-36)40-18-10-11-19-42(40)46(44)48-45(41)30-39/h1-31H/i1D,2D,3D,4D,5D,6D,7D,8D,9D,10D,11D,12D,13D,14D,15D,16D,17D,18D,19D,20D,21D,22D,23D,24D,25D,26D,27D,28D,29D,30D,31D. The molecule has 8 aromatic carbocycles. The molecule has 0 atom stereocenters. The fraction of sp³-hybridized carbons (Fsp3) is 0. The van der Waals surface area contributed by atoms with Crippen molar-refractivity contribution in [2.24, 2.45) is 0 Å². The maximum atomic E-state index is 9.82. The summed E-state index contributed by atoms with van der Waals surface area (Å²) >= 11 is 0. The third-order valence-corrected chi connectivity index (χ3v) is 7.01. The molecule has 2 nitrogen and oxygen atoms in total. The minimum absolute atomic E-state index is 0.332. The van der Waals surface area contributed by atoms with Crippen molar-refractivity contribution in [1.82, 2.24) is 0 Å². The molecule has 0 spiro atoms. The number of hydrogen-bond donors (Lipinski definition) is 0. The Morgan fingerprint density at radius 2 is 0.812 bits per heavy atom. The van der Waals surface area contributed by atoms with Gasteiger partial charge in [-0.3, -0.25) is 0 Å². The average molecular weight is 645 g/mol. The predicted molar refractivity (Wildman–Crippen MR) is 202 cm³/mol. The van der Waals surface area contributed by atoms with E-state index in [1.807, 2.05) is 0 Å². The van der Waals surface area contributed by atoms with E-state index in [0.717, 1.165) is 0 Å². The second kappa shape index (κ2) is 11.8. The van der Waals surface area contributed by atoms with Crippen LogP contribution in [0, 0.1) is 0 Å². The second-order valence-corrected chi connectivity index (χ2v) is 9.77. The summed E-state index contributed by atoms with van der Waals surface area (Å²) in [5.74, 6) is 0. The van der Waals surface area contributed by atoms with Gasteiger partial charge >= 0.3 is 0 Å². The van der Waals surface area contributed by atoms with Gasteiger partial charge in [-0.05, 0) is 81.1 Å². The lowest BCUT2D eigenvalue weighted by atomic mass is 9.95. The van der Waals surface area contributed by atoms with E-state index in [-0.39, 0.29) is 0 Å². The molecule has 1 aromatic heterocycles. The fourth-order valence-corrected chi connectivity index (χ4v) is 4.90. The van der Waals surface area contributed by atoms with Gasteiger partial charge in [-0.2, -0.15) is 0 Å². The SMILES string of the molecule is [2H]c1c([2H])c([2H])c(-c2c([2H])c([2H])c(N(c3c([2H])c([2H])c(-c4c([2H])c([2H])c([2H])c([2H])c4[2H])c([2H])c3[2H])c3c([2H])c([2H])c4c(oc5c6c([2H])c([2H])c([2H])c([2H])c6c(-c6c([2H])c([2H])c([2H])c([2H])c6[2H])c([2H])c54)c3[2H])c([2H])c2[2H])c([2H])c1[2H]. The summed E-state index contributed by atoms with van der Waals surface area (Å²) in [6, 6.07) is -31.8. The van der Waals surface area contributed by atoms with Gasteiger partial charge in [0.1, 0.15) is 11.2 Å². The largest absolute Gasteiger partial charge is 0.455 e. The molecule has 0 N–H and O–H groups in total. The molecule has 9 rings (SSSR count). The van der Waals surface area contributed by atoms with Crippen LogP contribution in [0.4, 0.5) is 17.1 Å². The first-order valence-electron chi connectivity index (χ1n) is 29.3. The van der Waals surface area contributed by atoms with Gasteiger partial charge in [0.15, 0.2) is 0 Å². The Kier molecular flexibility index (Phi) is 2.59. The highest BCUT2D eigenvalue weighted by Crippen LogP contribution is 2.43. The van der Waals surface area contributed by atoms with Crippen molar-refractivity contribution in [2.45, 2.75) is 0 Å². The lowest BCUT2D eigenvalue weighted by Crippen LogP contribution is -2.09. The van der Waals surface area contributed by atoms with Crippen LogP contribution in [-0.2, 0) is 0 Å². The van der Waals surface area contributed by atoms with Gasteiger partial charge in [0.05, 0.1) is 42.5 Å². The molecule has 0 fully saturated rings. The summed E-state index contributed by atoms with van der Waals surface area (Å²) in [6.45, 7) is 0. The summed E-state index contributed by atoms with van der Waals surface area (Å²) in [5, 5.41) is -2.56. The van der Waals surface area contributed by atoms with E-state index >= 15 is 0 Å². The van der Waals surface area contributed by atoms with Crippen molar-refractivity contribution in [3.8, 4) is 33.4 Å². The third-order valence-electron chi connectivity index (χ3n) is 7.01. The molecule has 0 bridgehead atoms. The predicted octanol–water partition coefficient (Wildman–Crippen LogP) is 13.2. The van der Waals surface area contributed by atoms with Gasteiger partial charge in [-0.1, -0.05) is 139 Å². The summed E-state index contributed by atoms with van der Waals surface area (Å²) in [6.07, 6.45) is 0. The van der Waals surface area contributed by atoms with Crippen molar-refractivity contribution < 1.29 is 46.9 Å². The Balaban J connectivity index is 1.50. The van der Waals surface area contributed by atoms with Crippen molar-refractivity contribution in [1.29, 1.82) is 0 Å². The van der Waals surface area contributed by atoms with Crippen LogP contribution in [0.15, 0.2) is 192 Å². The molecule has 0 aliphatic carbocycles. The summed E-state index contributed by atoms with van der Waals surface area (Å²) in [4.78, 5) is 0.332. The third kappa shape index (κ3) is 4.92. The molecule has 0 saturated carbocycles. The van der Waals surface area contributed by atoms with E-state index in [9.17, 15) is 16.4 Å². The normalized spacial score (nSPS) is 20.4. The molecule has 0 unspecified atom stereocenters. The maximum Gasteiger partial charge on any atom is 0.143 e. The average Bonchev–Trinajstić information content (AvgIpc) is 3.49. The number of nitrogens with zero attached hydrogens (tertiary/aromatic N) is 1.